The van der Waals surface area contributed by atoms with Gasteiger partial charge in [-0.15, -0.1) is 0 Å². The van der Waals surface area contributed by atoms with Crippen LogP contribution in [0.25, 0.3) is 0 Å². The van der Waals surface area contributed by atoms with E-state index in [1.807, 2.05) is 0 Å². The van der Waals surface area contributed by atoms with Crippen LogP contribution in [0.1, 0.15) is 36.7 Å². The van der Waals surface area contributed by atoms with E-state index in [1.54, 1.807) is 6.92 Å². The molecule has 0 N–H and O–H groups in total. The lowest BCUT2D eigenvalue weighted by atomic mass is 10.0. The second-order valence-corrected chi connectivity index (χ2v) is 5.62. The molecule has 2 aromatic rings. The molecule has 27 heavy (non-hydrogen) atoms. The van der Waals surface area contributed by atoms with Crippen molar-refractivity contribution >= 4 is 11.7 Å². The number of nitro groups is 1. The van der Waals surface area contributed by atoms with Gasteiger partial charge in [-0.1, -0.05) is 12.1 Å². The summed E-state index contributed by atoms with van der Waals surface area (Å²) in [6.07, 6.45) is -3.13. The number of rotatable bonds is 8. The summed E-state index contributed by atoms with van der Waals surface area (Å²) in [5.41, 5.74) is 0.458. The molecule has 1 aromatic heterocycles. The first-order valence-electron chi connectivity index (χ1n) is 8.09. The van der Waals surface area contributed by atoms with Crippen molar-refractivity contribution in [1.82, 2.24) is 14.8 Å². The first-order valence-corrected chi connectivity index (χ1v) is 8.09. The summed E-state index contributed by atoms with van der Waals surface area (Å²) in [6.45, 7) is 1.63. The van der Waals surface area contributed by atoms with Gasteiger partial charge in [0.25, 0.3) is 5.69 Å². The van der Waals surface area contributed by atoms with Crippen molar-refractivity contribution in [3.05, 3.63) is 51.6 Å². The molecule has 0 atom stereocenters. The number of hydrogen-bond acceptors (Lipinski definition) is 6. The highest BCUT2D eigenvalue weighted by atomic mass is 19.4. The number of benzene rings is 1. The molecule has 0 bridgehead atoms. The van der Waals surface area contributed by atoms with Crippen LogP contribution in [0.5, 0.6) is 0 Å². The van der Waals surface area contributed by atoms with E-state index in [0.717, 1.165) is 6.33 Å². The fraction of sp³-hybridized carbons (Fsp3) is 0.438. The smallest absolute Gasteiger partial charge is 0.451 e. The average Bonchev–Trinajstić information content (AvgIpc) is 3.04. The number of carbonyl (C=O) groups excluding carboxylic acids is 1. The number of ether oxygens (including phenoxy) is 1. The highest BCUT2D eigenvalue weighted by Crippen LogP contribution is 2.28. The Morgan fingerprint density at radius 3 is 2.74 bits per heavy atom. The van der Waals surface area contributed by atoms with E-state index in [9.17, 15) is 28.1 Å². The van der Waals surface area contributed by atoms with Gasteiger partial charge >= 0.3 is 12.1 Å². The van der Waals surface area contributed by atoms with Crippen LogP contribution >= 0.6 is 0 Å². The van der Waals surface area contributed by atoms with Crippen LogP contribution in [0.15, 0.2) is 24.5 Å². The molecule has 146 valence electrons. The van der Waals surface area contributed by atoms with Crippen molar-refractivity contribution in [2.24, 2.45) is 0 Å². The molecule has 0 saturated heterocycles. The number of carbonyl (C=O) groups is 1. The molecule has 0 amide bonds. The minimum atomic E-state index is -4.67. The van der Waals surface area contributed by atoms with Crippen molar-refractivity contribution in [2.75, 3.05) is 6.61 Å². The Bertz CT molecular complexity index is 820. The van der Waals surface area contributed by atoms with E-state index in [-0.39, 0.29) is 43.2 Å². The molecule has 0 saturated carbocycles. The van der Waals surface area contributed by atoms with Gasteiger partial charge in [0.15, 0.2) is 0 Å². The fourth-order valence-corrected chi connectivity index (χ4v) is 2.52. The number of nitrogens with zero attached hydrogens (tertiary/aromatic N) is 4. The molecule has 1 aromatic carbocycles. The summed E-state index contributed by atoms with van der Waals surface area (Å²) < 4.78 is 44.0. The van der Waals surface area contributed by atoms with Gasteiger partial charge in [0.2, 0.25) is 5.82 Å². The van der Waals surface area contributed by atoms with Crippen molar-refractivity contribution in [3.63, 3.8) is 0 Å². The number of halogens is 3. The summed E-state index contributed by atoms with van der Waals surface area (Å²) in [4.78, 5) is 25.2. The first kappa shape index (κ1) is 20.3. The largest absolute Gasteiger partial charge is 0.466 e. The minimum Gasteiger partial charge on any atom is -0.466 e. The van der Waals surface area contributed by atoms with Crippen LogP contribution in [0.4, 0.5) is 18.9 Å². The van der Waals surface area contributed by atoms with Crippen molar-refractivity contribution in [2.45, 2.75) is 38.9 Å². The molecular weight excluding hydrogens is 369 g/mol. The van der Waals surface area contributed by atoms with Crippen LogP contribution in [0, 0.1) is 10.1 Å². The SMILES string of the molecule is CCOC(=O)CCCc1ccc(Cn2ncnc2C(F)(F)F)cc1[N+](=O)[O-]. The summed E-state index contributed by atoms with van der Waals surface area (Å²) in [5, 5.41) is 14.8. The Hall–Kier alpha value is -2.98. The van der Waals surface area contributed by atoms with Gasteiger partial charge in [0, 0.05) is 18.1 Å². The second-order valence-electron chi connectivity index (χ2n) is 5.62. The lowest BCUT2D eigenvalue weighted by Gasteiger charge is -2.10. The molecule has 0 spiro atoms. The zero-order valence-corrected chi connectivity index (χ0v) is 14.4. The summed E-state index contributed by atoms with van der Waals surface area (Å²) in [5.74, 6) is -1.56. The van der Waals surface area contributed by atoms with Gasteiger partial charge in [-0.2, -0.15) is 18.3 Å². The van der Waals surface area contributed by atoms with Crippen LogP contribution < -0.4 is 0 Å². The summed E-state index contributed by atoms with van der Waals surface area (Å²) in [6, 6.07) is 4.18. The first-order chi connectivity index (χ1) is 12.7. The molecule has 0 unspecified atom stereocenters. The average molecular weight is 386 g/mol. The van der Waals surface area contributed by atoms with Crippen molar-refractivity contribution in [3.8, 4) is 0 Å². The van der Waals surface area contributed by atoms with E-state index in [2.05, 4.69) is 10.1 Å². The Kier molecular flexibility index (Phi) is 6.48. The number of aromatic nitrogens is 3. The molecular formula is C16H17F3N4O4. The standard InChI is InChI=1S/C16H17F3N4O4/c1-2-27-14(24)5-3-4-12-7-6-11(8-13(12)23(25)26)9-22-15(16(17,18)19)20-10-21-22/h6-8,10H,2-5,9H2,1H3. The van der Waals surface area contributed by atoms with E-state index < -0.39 is 16.9 Å². The molecule has 8 nitrogen and oxygen atoms in total. The number of hydrogen-bond donors (Lipinski definition) is 0. The number of esters is 1. The molecule has 0 fully saturated rings. The lowest BCUT2D eigenvalue weighted by molar-refractivity contribution is -0.385. The van der Waals surface area contributed by atoms with Gasteiger partial charge in [-0.05, 0) is 25.3 Å². The van der Waals surface area contributed by atoms with Gasteiger partial charge in [-0.3, -0.25) is 14.9 Å². The van der Waals surface area contributed by atoms with Crippen molar-refractivity contribution in [1.29, 1.82) is 0 Å². The van der Waals surface area contributed by atoms with E-state index >= 15 is 0 Å². The van der Waals surface area contributed by atoms with Gasteiger partial charge in [0.05, 0.1) is 18.1 Å². The Morgan fingerprint density at radius 1 is 1.37 bits per heavy atom. The van der Waals surface area contributed by atoms with E-state index in [4.69, 9.17) is 4.74 Å². The summed E-state index contributed by atoms with van der Waals surface area (Å²) >= 11 is 0. The maximum atomic E-state index is 12.8. The van der Waals surface area contributed by atoms with E-state index in [0.29, 0.717) is 16.7 Å². The molecule has 1 heterocycles. The highest BCUT2D eigenvalue weighted by Gasteiger charge is 2.36. The topological polar surface area (TPSA) is 100 Å². The van der Waals surface area contributed by atoms with Gasteiger partial charge in [0.1, 0.15) is 6.33 Å². The maximum Gasteiger partial charge on any atom is 0.451 e. The van der Waals surface area contributed by atoms with Crippen LogP contribution in [0.2, 0.25) is 0 Å². The predicted octanol–water partition coefficient (Wildman–Crippen LogP) is 3.14. The molecule has 0 aliphatic carbocycles. The molecule has 2 rings (SSSR count). The quantitative estimate of drug-likeness (QED) is 0.393. The monoisotopic (exact) mass is 386 g/mol. The Labute approximate surface area is 152 Å². The third-order valence-electron chi connectivity index (χ3n) is 3.68. The number of alkyl halides is 3. The molecule has 11 heteroatoms. The second kappa shape index (κ2) is 8.60. The normalized spacial score (nSPS) is 11.4. The maximum absolute atomic E-state index is 12.8. The fourth-order valence-electron chi connectivity index (χ4n) is 2.52. The number of nitro benzene ring substituents is 1. The Balaban J connectivity index is 2.15. The van der Waals surface area contributed by atoms with Gasteiger partial charge in [-0.25, -0.2) is 9.67 Å². The van der Waals surface area contributed by atoms with Crippen LogP contribution in [0.3, 0.4) is 0 Å². The minimum absolute atomic E-state index is 0.126. The highest BCUT2D eigenvalue weighted by molar-refractivity contribution is 5.69. The lowest BCUT2D eigenvalue weighted by Crippen LogP contribution is -2.16. The van der Waals surface area contributed by atoms with E-state index in [1.165, 1.54) is 18.2 Å². The predicted molar refractivity (Wildman–Crippen MR) is 86.8 cm³/mol. The zero-order valence-electron chi connectivity index (χ0n) is 14.4. The molecule has 0 aliphatic rings. The van der Waals surface area contributed by atoms with Crippen LogP contribution in [-0.2, 0) is 28.7 Å². The third-order valence-corrected chi connectivity index (χ3v) is 3.68. The van der Waals surface area contributed by atoms with Crippen LogP contribution in [-0.4, -0.2) is 32.3 Å². The summed E-state index contributed by atoms with van der Waals surface area (Å²) in [7, 11) is 0. The Morgan fingerprint density at radius 2 is 2.11 bits per heavy atom. The number of aryl methyl sites for hydroxylation is 1. The molecule has 0 aliphatic heterocycles. The zero-order chi connectivity index (χ0) is 20.0. The van der Waals surface area contributed by atoms with Crippen molar-refractivity contribution < 1.29 is 27.6 Å². The molecule has 0 radical (unpaired) electrons. The third kappa shape index (κ3) is 5.50. The van der Waals surface area contributed by atoms with Gasteiger partial charge < -0.3 is 4.74 Å².